The van der Waals surface area contributed by atoms with Crippen LogP contribution in [0.5, 0.6) is 0 Å². The van der Waals surface area contributed by atoms with Gasteiger partial charge in [-0.15, -0.1) is 0 Å². The predicted octanol–water partition coefficient (Wildman–Crippen LogP) is 3.77. The van der Waals surface area contributed by atoms with E-state index in [1.807, 2.05) is 36.4 Å². The van der Waals surface area contributed by atoms with Gasteiger partial charge in [0, 0.05) is 67.1 Å². The van der Waals surface area contributed by atoms with Crippen molar-refractivity contribution in [3.8, 4) is 0 Å². The Kier molecular flexibility index (Phi) is 8.39. The zero-order valence-corrected chi connectivity index (χ0v) is 26.5. The molecule has 2 heterocycles. The standard InChI is InChI=1S/C38H40N4O5/c1-23(43)28-16-17-41(20-28)37(46)26-12-14-27(15-13-26)38(47)42-21-31(35(44)39-33-18-29(33)24-8-4-2-5-9-24)32(22-42)36(45)40-34-19-30(34)25-10-6-3-7-11-25/h2-15,28-34H,16-22H2,1H3,(H,39,44)(H,40,45)/t28?,29-,30-,31-,32-,33+,34+/m1/s1. The van der Waals surface area contributed by atoms with Crippen molar-refractivity contribution >= 4 is 29.4 Å². The summed E-state index contributed by atoms with van der Waals surface area (Å²) in [5.74, 6) is -1.72. The van der Waals surface area contributed by atoms with Crippen molar-refractivity contribution < 1.29 is 24.0 Å². The Morgan fingerprint density at radius 1 is 0.596 bits per heavy atom. The Labute approximate surface area is 274 Å². The smallest absolute Gasteiger partial charge is 0.253 e. The van der Waals surface area contributed by atoms with Crippen molar-refractivity contribution in [3.05, 3.63) is 107 Å². The Balaban J connectivity index is 1.03. The predicted molar refractivity (Wildman–Crippen MR) is 175 cm³/mol. The molecule has 7 rings (SSSR count). The highest BCUT2D eigenvalue weighted by atomic mass is 16.2. The second kappa shape index (κ2) is 12.8. The van der Waals surface area contributed by atoms with E-state index in [9.17, 15) is 24.0 Å². The third-order valence-corrected chi connectivity index (χ3v) is 10.4. The Hall–Kier alpha value is -4.79. The summed E-state index contributed by atoms with van der Waals surface area (Å²) in [5.41, 5.74) is 3.21. The lowest BCUT2D eigenvalue weighted by molar-refractivity contribution is -0.133. The molecule has 2 aliphatic heterocycles. The van der Waals surface area contributed by atoms with Crippen molar-refractivity contribution in [2.45, 2.75) is 50.1 Å². The molecule has 9 nitrogen and oxygen atoms in total. The zero-order chi connectivity index (χ0) is 32.7. The monoisotopic (exact) mass is 632 g/mol. The number of carbonyl (C=O) groups is 5. The summed E-state index contributed by atoms with van der Waals surface area (Å²) in [6, 6.07) is 26.7. The quantitative estimate of drug-likeness (QED) is 0.373. The third-order valence-electron chi connectivity index (χ3n) is 10.4. The summed E-state index contributed by atoms with van der Waals surface area (Å²) in [5, 5.41) is 6.34. The molecule has 3 aromatic rings. The van der Waals surface area contributed by atoms with Crippen LogP contribution in [0.1, 0.15) is 69.9 Å². The molecule has 242 valence electrons. The number of nitrogens with one attached hydrogen (secondary N) is 2. The van der Waals surface area contributed by atoms with Crippen LogP contribution in [0.15, 0.2) is 84.9 Å². The summed E-state index contributed by atoms with van der Waals surface area (Å²) < 4.78 is 0. The van der Waals surface area contributed by atoms with Crippen molar-refractivity contribution in [2.75, 3.05) is 26.2 Å². The number of Topliss-reactive ketones (excluding diaryl/α,β-unsaturated/α-hetero) is 1. The van der Waals surface area contributed by atoms with Crippen LogP contribution in [-0.2, 0) is 14.4 Å². The fourth-order valence-electron chi connectivity index (χ4n) is 7.32. The van der Waals surface area contributed by atoms with Gasteiger partial charge < -0.3 is 20.4 Å². The molecule has 9 heteroatoms. The number of benzene rings is 3. The van der Waals surface area contributed by atoms with Crippen LogP contribution in [0.4, 0.5) is 0 Å². The van der Waals surface area contributed by atoms with Gasteiger partial charge >= 0.3 is 0 Å². The van der Waals surface area contributed by atoms with Gasteiger partial charge in [0.25, 0.3) is 11.8 Å². The maximum atomic E-state index is 13.7. The summed E-state index contributed by atoms with van der Waals surface area (Å²) in [4.78, 5) is 69.2. The first kappa shape index (κ1) is 30.8. The van der Waals surface area contributed by atoms with E-state index in [0.29, 0.717) is 30.6 Å². The molecule has 0 spiro atoms. The summed E-state index contributed by atoms with van der Waals surface area (Å²) in [6.45, 7) is 2.78. The molecule has 4 fully saturated rings. The lowest BCUT2D eigenvalue weighted by Crippen LogP contribution is -2.43. The molecule has 7 atom stereocenters. The van der Waals surface area contributed by atoms with E-state index in [1.54, 1.807) is 41.0 Å². The molecule has 4 amide bonds. The van der Waals surface area contributed by atoms with Gasteiger partial charge in [0.05, 0.1) is 11.8 Å². The molecular weight excluding hydrogens is 592 g/mol. The summed E-state index contributed by atoms with van der Waals surface area (Å²) in [7, 11) is 0. The topological polar surface area (TPSA) is 116 Å². The molecule has 1 unspecified atom stereocenters. The molecule has 0 radical (unpaired) electrons. The molecule has 2 aliphatic carbocycles. The van der Waals surface area contributed by atoms with Crippen LogP contribution in [0.3, 0.4) is 0 Å². The van der Waals surface area contributed by atoms with Crippen molar-refractivity contribution in [1.29, 1.82) is 0 Å². The van der Waals surface area contributed by atoms with Gasteiger partial charge in [-0.1, -0.05) is 60.7 Å². The van der Waals surface area contributed by atoms with Gasteiger partial charge in [0.15, 0.2) is 0 Å². The molecule has 3 aromatic carbocycles. The fraction of sp³-hybridized carbons (Fsp3) is 0.395. The van der Waals surface area contributed by atoms with E-state index in [0.717, 1.165) is 12.8 Å². The van der Waals surface area contributed by atoms with E-state index in [-0.39, 0.29) is 72.3 Å². The highest BCUT2D eigenvalue weighted by Gasteiger charge is 2.49. The largest absolute Gasteiger partial charge is 0.352 e. The fourth-order valence-corrected chi connectivity index (χ4v) is 7.32. The minimum Gasteiger partial charge on any atom is -0.352 e. The first-order chi connectivity index (χ1) is 22.8. The second-order valence-corrected chi connectivity index (χ2v) is 13.6. The van der Waals surface area contributed by atoms with E-state index >= 15 is 0 Å². The molecule has 2 saturated heterocycles. The Morgan fingerprint density at radius 2 is 1.04 bits per heavy atom. The van der Waals surface area contributed by atoms with Gasteiger partial charge in [-0.05, 0) is 61.6 Å². The van der Waals surface area contributed by atoms with E-state index in [2.05, 4.69) is 34.9 Å². The van der Waals surface area contributed by atoms with Crippen molar-refractivity contribution in [3.63, 3.8) is 0 Å². The summed E-state index contributed by atoms with van der Waals surface area (Å²) >= 11 is 0. The highest BCUT2D eigenvalue weighted by molar-refractivity contribution is 5.99. The number of rotatable bonds is 9. The van der Waals surface area contributed by atoms with Gasteiger partial charge in [-0.2, -0.15) is 0 Å². The number of carbonyl (C=O) groups excluding carboxylic acids is 5. The maximum Gasteiger partial charge on any atom is 0.253 e. The molecule has 0 aromatic heterocycles. The first-order valence-electron chi connectivity index (χ1n) is 16.7. The minimum atomic E-state index is -0.671. The van der Waals surface area contributed by atoms with Crippen molar-refractivity contribution in [2.24, 2.45) is 17.8 Å². The summed E-state index contributed by atoms with van der Waals surface area (Å²) in [6.07, 6.45) is 2.36. The van der Waals surface area contributed by atoms with Crippen LogP contribution in [0, 0.1) is 17.8 Å². The lowest BCUT2D eigenvalue weighted by Gasteiger charge is -2.18. The molecule has 4 aliphatic rings. The van der Waals surface area contributed by atoms with Crippen molar-refractivity contribution in [1.82, 2.24) is 20.4 Å². The van der Waals surface area contributed by atoms with E-state index < -0.39 is 11.8 Å². The first-order valence-corrected chi connectivity index (χ1v) is 16.7. The molecular formula is C38H40N4O5. The number of nitrogens with zero attached hydrogens (tertiary/aromatic N) is 2. The zero-order valence-electron chi connectivity index (χ0n) is 26.5. The van der Waals surface area contributed by atoms with Gasteiger partial charge in [0.2, 0.25) is 11.8 Å². The van der Waals surface area contributed by atoms with Gasteiger partial charge in [0.1, 0.15) is 5.78 Å². The Morgan fingerprint density at radius 3 is 1.47 bits per heavy atom. The number of hydrogen-bond acceptors (Lipinski definition) is 5. The molecule has 0 bridgehead atoms. The maximum absolute atomic E-state index is 13.7. The van der Waals surface area contributed by atoms with Crippen LogP contribution in [0.25, 0.3) is 0 Å². The average Bonchev–Trinajstić information content (AvgIpc) is 3.91. The average molecular weight is 633 g/mol. The molecule has 2 saturated carbocycles. The van der Waals surface area contributed by atoms with Gasteiger partial charge in [-0.3, -0.25) is 24.0 Å². The third kappa shape index (κ3) is 6.57. The van der Waals surface area contributed by atoms with E-state index in [4.69, 9.17) is 0 Å². The normalized spacial score (nSPS) is 27.6. The van der Waals surface area contributed by atoms with Crippen LogP contribution in [-0.4, -0.2) is 77.5 Å². The van der Waals surface area contributed by atoms with Crippen LogP contribution in [0.2, 0.25) is 0 Å². The van der Waals surface area contributed by atoms with Crippen LogP contribution >= 0.6 is 0 Å². The second-order valence-electron chi connectivity index (χ2n) is 13.6. The van der Waals surface area contributed by atoms with E-state index in [1.165, 1.54) is 11.1 Å². The number of hydrogen-bond donors (Lipinski definition) is 2. The SMILES string of the molecule is CC(=O)C1CCN(C(=O)c2ccc(C(=O)N3C[C@@H](C(=O)N[C@H]4C[C@@H]4c4ccccc4)[C@H](C(=O)N[C@H]4C[C@@H]4c4ccccc4)C3)cc2)C1. The van der Waals surface area contributed by atoms with Gasteiger partial charge in [-0.25, -0.2) is 0 Å². The van der Waals surface area contributed by atoms with Crippen LogP contribution < -0.4 is 10.6 Å². The molecule has 2 N–H and O–H groups in total. The highest BCUT2D eigenvalue weighted by Crippen LogP contribution is 2.42. The lowest BCUT2D eigenvalue weighted by atomic mass is 9.94. The number of amides is 4. The number of likely N-dealkylation sites (tertiary alicyclic amines) is 2. The molecule has 47 heavy (non-hydrogen) atoms. The minimum absolute atomic E-state index is 0.00988. The number of ketones is 1. The Bertz CT molecular complexity index is 1600.